The van der Waals surface area contributed by atoms with Gasteiger partial charge in [0, 0.05) is 6.04 Å². The van der Waals surface area contributed by atoms with E-state index in [-0.39, 0.29) is 23.8 Å². The molecule has 0 heterocycles. The summed E-state index contributed by atoms with van der Waals surface area (Å²) in [5, 5.41) is 11.6. The Hall–Kier alpha value is -1.36. The van der Waals surface area contributed by atoms with Gasteiger partial charge < -0.3 is 16.2 Å². The second-order valence-corrected chi connectivity index (χ2v) is 4.92. The third-order valence-corrected chi connectivity index (χ3v) is 2.78. The molecule has 3 atom stereocenters. The SMILES string of the molecule is CC(C)C[C@@H](NC(=O)C1C=CC(N)C1)C(=O)O. The van der Waals surface area contributed by atoms with Crippen LogP contribution >= 0.6 is 0 Å². The zero-order valence-corrected chi connectivity index (χ0v) is 10.2. The molecule has 0 radical (unpaired) electrons. The maximum Gasteiger partial charge on any atom is 0.326 e. The molecule has 0 saturated heterocycles. The van der Waals surface area contributed by atoms with Gasteiger partial charge in [-0.15, -0.1) is 0 Å². The van der Waals surface area contributed by atoms with Gasteiger partial charge in [-0.05, 0) is 18.8 Å². The van der Waals surface area contributed by atoms with Gasteiger partial charge in [-0.2, -0.15) is 0 Å². The van der Waals surface area contributed by atoms with Crippen LogP contribution in [0.15, 0.2) is 12.2 Å². The van der Waals surface area contributed by atoms with Crippen molar-refractivity contribution >= 4 is 11.9 Å². The molecule has 1 aliphatic carbocycles. The van der Waals surface area contributed by atoms with Crippen LogP contribution in [0.3, 0.4) is 0 Å². The predicted molar refractivity (Wildman–Crippen MR) is 64.2 cm³/mol. The first-order valence-corrected chi connectivity index (χ1v) is 5.87. The molecular weight excluding hydrogens is 220 g/mol. The maximum atomic E-state index is 11.8. The molecule has 1 rings (SSSR count). The van der Waals surface area contributed by atoms with E-state index in [1.807, 2.05) is 13.8 Å². The Labute approximate surface area is 101 Å². The molecule has 0 aromatic carbocycles. The van der Waals surface area contributed by atoms with Crippen molar-refractivity contribution in [3.63, 3.8) is 0 Å². The Balaban J connectivity index is 2.52. The van der Waals surface area contributed by atoms with Crippen molar-refractivity contribution in [2.75, 3.05) is 0 Å². The van der Waals surface area contributed by atoms with Crippen LogP contribution in [0.5, 0.6) is 0 Å². The first-order valence-electron chi connectivity index (χ1n) is 5.87. The number of nitrogens with one attached hydrogen (secondary N) is 1. The number of carboxylic acids is 1. The lowest BCUT2D eigenvalue weighted by Crippen LogP contribution is -2.44. The normalized spacial score (nSPS) is 24.9. The van der Waals surface area contributed by atoms with Crippen molar-refractivity contribution in [3.8, 4) is 0 Å². The maximum absolute atomic E-state index is 11.8. The average molecular weight is 240 g/mol. The van der Waals surface area contributed by atoms with Gasteiger partial charge in [-0.1, -0.05) is 26.0 Å². The highest BCUT2D eigenvalue weighted by Gasteiger charge is 2.27. The van der Waals surface area contributed by atoms with Crippen molar-refractivity contribution in [1.29, 1.82) is 0 Å². The molecule has 0 aromatic rings. The summed E-state index contributed by atoms with van der Waals surface area (Å²) in [5.41, 5.74) is 5.65. The Morgan fingerprint density at radius 1 is 1.47 bits per heavy atom. The summed E-state index contributed by atoms with van der Waals surface area (Å²) >= 11 is 0. The minimum absolute atomic E-state index is 0.0980. The largest absolute Gasteiger partial charge is 0.480 e. The van der Waals surface area contributed by atoms with E-state index in [4.69, 9.17) is 10.8 Å². The molecule has 4 N–H and O–H groups in total. The first kappa shape index (κ1) is 13.7. The lowest BCUT2D eigenvalue weighted by molar-refractivity contribution is -0.142. The summed E-state index contributed by atoms with van der Waals surface area (Å²) in [7, 11) is 0. The highest BCUT2D eigenvalue weighted by Crippen LogP contribution is 2.17. The lowest BCUT2D eigenvalue weighted by atomic mass is 10.0. The first-order chi connectivity index (χ1) is 7.90. The smallest absolute Gasteiger partial charge is 0.326 e. The molecule has 5 heteroatoms. The van der Waals surface area contributed by atoms with E-state index in [1.165, 1.54) is 0 Å². The summed E-state index contributed by atoms with van der Waals surface area (Å²) in [6.07, 6.45) is 4.51. The number of rotatable bonds is 5. The van der Waals surface area contributed by atoms with Gasteiger partial charge in [-0.3, -0.25) is 4.79 Å². The van der Waals surface area contributed by atoms with E-state index in [0.29, 0.717) is 12.8 Å². The van der Waals surface area contributed by atoms with Gasteiger partial charge in [0.2, 0.25) is 5.91 Å². The Bertz CT molecular complexity index is 326. The minimum Gasteiger partial charge on any atom is -0.480 e. The topological polar surface area (TPSA) is 92.4 Å². The van der Waals surface area contributed by atoms with Crippen molar-refractivity contribution in [2.24, 2.45) is 17.6 Å². The monoisotopic (exact) mass is 240 g/mol. The van der Waals surface area contributed by atoms with E-state index in [1.54, 1.807) is 12.2 Å². The molecule has 5 nitrogen and oxygen atoms in total. The van der Waals surface area contributed by atoms with E-state index in [2.05, 4.69) is 5.32 Å². The Morgan fingerprint density at radius 3 is 2.53 bits per heavy atom. The average Bonchev–Trinajstić information content (AvgIpc) is 2.63. The molecule has 17 heavy (non-hydrogen) atoms. The van der Waals surface area contributed by atoms with Crippen LogP contribution < -0.4 is 11.1 Å². The van der Waals surface area contributed by atoms with Crippen LogP contribution in [0.25, 0.3) is 0 Å². The van der Waals surface area contributed by atoms with Crippen LogP contribution in [-0.4, -0.2) is 29.1 Å². The number of hydrogen-bond donors (Lipinski definition) is 3. The zero-order valence-electron chi connectivity index (χ0n) is 10.2. The third kappa shape index (κ3) is 4.19. The van der Waals surface area contributed by atoms with E-state index < -0.39 is 12.0 Å². The molecule has 0 spiro atoms. The fraction of sp³-hybridized carbons (Fsp3) is 0.667. The van der Waals surface area contributed by atoms with Gasteiger partial charge >= 0.3 is 5.97 Å². The summed E-state index contributed by atoms with van der Waals surface area (Å²) in [5.74, 6) is -1.31. The zero-order chi connectivity index (χ0) is 13.0. The molecule has 1 amide bonds. The van der Waals surface area contributed by atoms with Crippen molar-refractivity contribution < 1.29 is 14.7 Å². The molecule has 2 unspecified atom stereocenters. The molecule has 0 aromatic heterocycles. The molecule has 0 aliphatic heterocycles. The summed E-state index contributed by atoms with van der Waals surface area (Å²) in [6, 6.07) is -0.910. The quantitative estimate of drug-likeness (QED) is 0.610. The van der Waals surface area contributed by atoms with Crippen LogP contribution in [0.1, 0.15) is 26.7 Å². The van der Waals surface area contributed by atoms with Crippen molar-refractivity contribution in [1.82, 2.24) is 5.32 Å². The van der Waals surface area contributed by atoms with Crippen LogP contribution in [0.2, 0.25) is 0 Å². The number of carbonyl (C=O) groups is 2. The fourth-order valence-electron chi connectivity index (χ4n) is 1.89. The highest BCUT2D eigenvalue weighted by molar-refractivity contribution is 5.86. The van der Waals surface area contributed by atoms with Gasteiger partial charge in [0.05, 0.1) is 5.92 Å². The predicted octanol–water partition coefficient (Wildman–Crippen LogP) is 0.505. The Kier molecular flexibility index (Phi) is 4.69. The van der Waals surface area contributed by atoms with E-state index in [0.717, 1.165) is 0 Å². The molecule has 0 fully saturated rings. The van der Waals surface area contributed by atoms with Gasteiger partial charge in [0.25, 0.3) is 0 Å². The molecule has 0 saturated carbocycles. The van der Waals surface area contributed by atoms with Crippen molar-refractivity contribution in [3.05, 3.63) is 12.2 Å². The van der Waals surface area contributed by atoms with Crippen LogP contribution in [0.4, 0.5) is 0 Å². The number of aliphatic carboxylic acids is 1. The minimum atomic E-state index is -0.988. The molecular formula is C12H20N2O3. The van der Waals surface area contributed by atoms with Gasteiger partial charge in [0.1, 0.15) is 6.04 Å². The van der Waals surface area contributed by atoms with Gasteiger partial charge in [0.15, 0.2) is 0 Å². The highest BCUT2D eigenvalue weighted by atomic mass is 16.4. The number of carboxylic acid groups (broad SMARTS) is 1. The summed E-state index contributed by atoms with van der Waals surface area (Å²) in [4.78, 5) is 22.8. The fourth-order valence-corrected chi connectivity index (χ4v) is 1.89. The Morgan fingerprint density at radius 2 is 2.12 bits per heavy atom. The molecule has 96 valence electrons. The van der Waals surface area contributed by atoms with E-state index >= 15 is 0 Å². The summed E-state index contributed by atoms with van der Waals surface area (Å²) in [6.45, 7) is 3.85. The molecule has 1 aliphatic rings. The number of hydrogen-bond acceptors (Lipinski definition) is 3. The van der Waals surface area contributed by atoms with Crippen LogP contribution in [-0.2, 0) is 9.59 Å². The second kappa shape index (κ2) is 5.82. The van der Waals surface area contributed by atoms with E-state index in [9.17, 15) is 9.59 Å². The number of nitrogens with two attached hydrogens (primary N) is 1. The lowest BCUT2D eigenvalue weighted by Gasteiger charge is -2.18. The number of carbonyl (C=O) groups excluding carboxylic acids is 1. The standard InChI is InChI=1S/C12H20N2O3/c1-7(2)5-10(12(16)17)14-11(15)8-3-4-9(13)6-8/h3-4,7-10H,5-6,13H2,1-2H3,(H,14,15)(H,16,17)/t8?,9?,10-/m1/s1. The third-order valence-electron chi connectivity index (χ3n) is 2.78. The second-order valence-electron chi connectivity index (χ2n) is 4.92. The molecule has 0 bridgehead atoms. The van der Waals surface area contributed by atoms with Gasteiger partial charge in [-0.25, -0.2) is 4.79 Å². The van der Waals surface area contributed by atoms with Crippen molar-refractivity contribution in [2.45, 2.75) is 38.8 Å². The summed E-state index contributed by atoms with van der Waals surface area (Å²) < 4.78 is 0. The number of amides is 1. The van der Waals surface area contributed by atoms with Crippen LogP contribution in [0, 0.1) is 11.8 Å².